The van der Waals surface area contributed by atoms with Crippen LogP contribution in [0.15, 0.2) is 18.2 Å². The van der Waals surface area contributed by atoms with Gasteiger partial charge in [0.25, 0.3) is 0 Å². The Bertz CT molecular complexity index is 663. The topological polar surface area (TPSA) is 55.9 Å². The summed E-state index contributed by atoms with van der Waals surface area (Å²) in [6.07, 6.45) is 0. The van der Waals surface area contributed by atoms with Crippen molar-refractivity contribution in [3.05, 3.63) is 46.5 Å². The molecule has 0 radical (unpaired) electrons. The molecule has 106 valence electrons. The number of nitrogens with two attached hydrogens (primary N) is 1. The molecule has 0 amide bonds. The lowest BCUT2D eigenvalue weighted by Crippen LogP contribution is -2.12. The summed E-state index contributed by atoms with van der Waals surface area (Å²) in [6.45, 7) is 4.56. The number of nitrogens with zero attached hydrogens (tertiary/aromatic N) is 2. The van der Waals surface area contributed by atoms with Gasteiger partial charge in [0.1, 0.15) is 10.8 Å². The van der Waals surface area contributed by atoms with Crippen LogP contribution in [0, 0.1) is 19.7 Å². The molecule has 0 fully saturated rings. The minimum atomic E-state index is -0.415. The van der Waals surface area contributed by atoms with Gasteiger partial charge >= 0.3 is 0 Å². The highest BCUT2D eigenvalue weighted by atomic mass is 32.1. The molecule has 0 saturated heterocycles. The molecule has 0 aliphatic heterocycles. The summed E-state index contributed by atoms with van der Waals surface area (Å²) in [4.78, 5) is 0.0630. The third-order valence-corrected chi connectivity index (χ3v) is 3.58. The van der Waals surface area contributed by atoms with Crippen molar-refractivity contribution >= 4 is 22.9 Å². The molecule has 0 bridgehead atoms. The van der Waals surface area contributed by atoms with Crippen molar-refractivity contribution in [3.8, 4) is 0 Å². The molecule has 3 N–H and O–H groups in total. The fourth-order valence-electron chi connectivity index (χ4n) is 2.09. The van der Waals surface area contributed by atoms with Gasteiger partial charge < -0.3 is 11.1 Å². The number of hydrogen-bond donors (Lipinski definition) is 2. The zero-order chi connectivity index (χ0) is 14.9. The number of halogens is 1. The number of rotatable bonds is 4. The highest BCUT2D eigenvalue weighted by molar-refractivity contribution is 7.80. The largest absolute Gasteiger partial charge is 0.389 e. The second-order valence-corrected chi connectivity index (χ2v) is 5.13. The van der Waals surface area contributed by atoms with Gasteiger partial charge in [0.2, 0.25) is 0 Å². The molecule has 1 aromatic heterocycles. The molecule has 1 heterocycles. The average molecular weight is 292 g/mol. The van der Waals surface area contributed by atoms with E-state index in [2.05, 4.69) is 10.4 Å². The number of hydrogen-bond acceptors (Lipinski definition) is 3. The fourth-order valence-corrected chi connectivity index (χ4v) is 2.25. The molecule has 0 spiro atoms. The molecular weight excluding hydrogens is 275 g/mol. The van der Waals surface area contributed by atoms with E-state index in [1.165, 1.54) is 6.07 Å². The van der Waals surface area contributed by atoms with Crippen molar-refractivity contribution in [2.75, 3.05) is 5.32 Å². The summed E-state index contributed by atoms with van der Waals surface area (Å²) < 4.78 is 15.6. The SMILES string of the molecule is Cc1nn(C)c(C)c1CNc1ccc(C(N)=S)c(F)c1. The van der Waals surface area contributed by atoms with Gasteiger partial charge in [0.05, 0.1) is 5.69 Å². The molecule has 4 nitrogen and oxygen atoms in total. The van der Waals surface area contributed by atoms with E-state index in [0.717, 1.165) is 17.0 Å². The number of benzene rings is 1. The van der Waals surface area contributed by atoms with Gasteiger partial charge in [-0.05, 0) is 32.0 Å². The van der Waals surface area contributed by atoms with Crippen LogP contribution < -0.4 is 11.1 Å². The van der Waals surface area contributed by atoms with Crippen LogP contribution in [-0.4, -0.2) is 14.8 Å². The number of aryl methyl sites for hydroxylation is 2. The fraction of sp³-hybridized carbons (Fsp3) is 0.286. The minimum absolute atomic E-state index is 0.0630. The van der Waals surface area contributed by atoms with Gasteiger partial charge in [-0.1, -0.05) is 12.2 Å². The smallest absolute Gasteiger partial charge is 0.135 e. The molecule has 0 aliphatic rings. The zero-order valence-electron chi connectivity index (χ0n) is 11.7. The first kappa shape index (κ1) is 14.5. The van der Waals surface area contributed by atoms with E-state index in [1.54, 1.807) is 12.1 Å². The van der Waals surface area contributed by atoms with Crippen LogP contribution >= 0.6 is 12.2 Å². The van der Waals surface area contributed by atoms with E-state index in [1.807, 2.05) is 25.6 Å². The van der Waals surface area contributed by atoms with Gasteiger partial charge in [0.15, 0.2) is 0 Å². The summed E-state index contributed by atoms with van der Waals surface area (Å²) in [5.41, 5.74) is 9.56. The normalized spacial score (nSPS) is 10.6. The van der Waals surface area contributed by atoms with E-state index >= 15 is 0 Å². The molecule has 0 aliphatic carbocycles. The molecule has 20 heavy (non-hydrogen) atoms. The number of aromatic nitrogens is 2. The van der Waals surface area contributed by atoms with Crippen molar-refractivity contribution in [2.45, 2.75) is 20.4 Å². The quantitative estimate of drug-likeness (QED) is 0.850. The highest BCUT2D eigenvalue weighted by Crippen LogP contribution is 2.18. The predicted molar refractivity (Wildman–Crippen MR) is 82.3 cm³/mol. The van der Waals surface area contributed by atoms with Crippen molar-refractivity contribution in [2.24, 2.45) is 12.8 Å². The van der Waals surface area contributed by atoms with Gasteiger partial charge in [-0.25, -0.2) is 4.39 Å². The summed E-state index contributed by atoms with van der Waals surface area (Å²) >= 11 is 4.78. The Labute approximate surface area is 122 Å². The van der Waals surface area contributed by atoms with Gasteiger partial charge in [-0.15, -0.1) is 0 Å². The Morgan fingerprint density at radius 3 is 2.65 bits per heavy atom. The highest BCUT2D eigenvalue weighted by Gasteiger charge is 2.10. The maximum atomic E-state index is 13.8. The Kier molecular flexibility index (Phi) is 4.04. The summed E-state index contributed by atoms with van der Waals surface area (Å²) in [5.74, 6) is -0.415. The molecular formula is C14H17FN4S. The van der Waals surface area contributed by atoms with Crippen LogP contribution in [0.4, 0.5) is 10.1 Å². The van der Waals surface area contributed by atoms with Crippen molar-refractivity contribution < 1.29 is 4.39 Å². The van der Waals surface area contributed by atoms with Crippen molar-refractivity contribution in [1.29, 1.82) is 0 Å². The molecule has 0 unspecified atom stereocenters. The Morgan fingerprint density at radius 2 is 2.15 bits per heavy atom. The summed E-state index contributed by atoms with van der Waals surface area (Å²) in [7, 11) is 1.91. The van der Waals surface area contributed by atoms with Crippen molar-refractivity contribution in [3.63, 3.8) is 0 Å². The Hall–Kier alpha value is -1.95. The second-order valence-electron chi connectivity index (χ2n) is 4.69. The lowest BCUT2D eigenvalue weighted by atomic mass is 10.1. The molecule has 1 aromatic carbocycles. The molecule has 2 aromatic rings. The monoisotopic (exact) mass is 292 g/mol. The van der Waals surface area contributed by atoms with Gasteiger partial charge in [-0.3, -0.25) is 4.68 Å². The minimum Gasteiger partial charge on any atom is -0.389 e. The maximum Gasteiger partial charge on any atom is 0.135 e. The van der Waals surface area contributed by atoms with E-state index in [-0.39, 0.29) is 10.6 Å². The maximum absolute atomic E-state index is 13.8. The Balaban J connectivity index is 2.15. The third kappa shape index (κ3) is 2.80. The molecule has 2 rings (SSSR count). The van der Waals surface area contributed by atoms with Crippen LogP contribution in [0.25, 0.3) is 0 Å². The number of nitrogens with one attached hydrogen (secondary N) is 1. The van der Waals surface area contributed by atoms with Crippen LogP contribution in [0.5, 0.6) is 0 Å². The first-order valence-corrected chi connectivity index (χ1v) is 6.63. The van der Waals surface area contributed by atoms with Crippen LogP contribution in [0.1, 0.15) is 22.5 Å². The molecule has 0 saturated carbocycles. The van der Waals surface area contributed by atoms with E-state index in [4.69, 9.17) is 18.0 Å². The number of anilines is 1. The molecule has 6 heteroatoms. The first-order valence-electron chi connectivity index (χ1n) is 6.22. The molecule has 0 atom stereocenters. The lowest BCUT2D eigenvalue weighted by Gasteiger charge is -2.09. The van der Waals surface area contributed by atoms with E-state index in [9.17, 15) is 4.39 Å². The lowest BCUT2D eigenvalue weighted by molar-refractivity contribution is 0.626. The number of thiocarbonyl (C=S) groups is 1. The first-order chi connectivity index (χ1) is 9.40. The third-order valence-electron chi connectivity index (χ3n) is 3.36. The van der Waals surface area contributed by atoms with E-state index < -0.39 is 5.82 Å². The van der Waals surface area contributed by atoms with E-state index in [0.29, 0.717) is 12.2 Å². The summed E-state index contributed by atoms with van der Waals surface area (Å²) in [6, 6.07) is 4.75. The predicted octanol–water partition coefficient (Wildman–Crippen LogP) is 2.42. The Morgan fingerprint density at radius 1 is 1.45 bits per heavy atom. The van der Waals surface area contributed by atoms with Crippen LogP contribution in [0.2, 0.25) is 0 Å². The summed E-state index contributed by atoms with van der Waals surface area (Å²) in [5, 5.41) is 7.53. The van der Waals surface area contributed by atoms with Crippen LogP contribution in [0.3, 0.4) is 0 Å². The van der Waals surface area contributed by atoms with Crippen molar-refractivity contribution in [1.82, 2.24) is 9.78 Å². The van der Waals surface area contributed by atoms with Crippen LogP contribution in [-0.2, 0) is 13.6 Å². The van der Waals surface area contributed by atoms with Gasteiger partial charge in [0, 0.05) is 36.1 Å². The van der Waals surface area contributed by atoms with Gasteiger partial charge in [-0.2, -0.15) is 5.10 Å². The average Bonchev–Trinajstić information content (AvgIpc) is 2.61. The second kappa shape index (κ2) is 5.58. The zero-order valence-corrected chi connectivity index (χ0v) is 12.5. The standard InChI is InChI=1S/C14H17FN4S/c1-8-12(9(2)19(3)18-8)7-17-10-4-5-11(14(16)20)13(15)6-10/h4-6,17H,7H2,1-3H3,(H2,16,20).